The first kappa shape index (κ1) is 13.0. The fraction of sp³-hybridized carbons (Fsp3) is 0.750. The molecular formula is C12H20N4O2. The molecule has 0 radical (unpaired) electrons. The Bertz CT molecular complexity index is 393. The third-order valence-corrected chi connectivity index (χ3v) is 3.57. The minimum absolute atomic E-state index is 0.000434. The second-order valence-corrected chi connectivity index (χ2v) is 5.28. The number of carbonyl (C=O) groups is 1. The molecule has 0 aromatic carbocycles. The number of hydrogen-bond acceptors (Lipinski definition) is 4. The van der Waals surface area contributed by atoms with E-state index in [2.05, 4.69) is 22.3 Å². The predicted molar refractivity (Wildman–Crippen MR) is 65.6 cm³/mol. The standard InChI is InChI=1S/C12H20N4O2/c1-10-3-2-4-12(5-10,7-17)15-11(18)6-16-9-13-8-14-16/h8-10,17H,2-7H2,1H3,(H,15,18). The topological polar surface area (TPSA) is 80.0 Å². The number of aliphatic hydroxyl groups excluding tert-OH is 1. The van der Waals surface area contributed by atoms with Crippen LogP contribution in [0.15, 0.2) is 12.7 Å². The Kier molecular flexibility index (Phi) is 3.96. The molecule has 0 aliphatic heterocycles. The minimum Gasteiger partial charge on any atom is -0.394 e. The third kappa shape index (κ3) is 3.07. The average Bonchev–Trinajstić information content (AvgIpc) is 2.81. The molecule has 100 valence electrons. The molecule has 2 rings (SSSR count). The van der Waals surface area contributed by atoms with E-state index < -0.39 is 5.54 Å². The van der Waals surface area contributed by atoms with Crippen molar-refractivity contribution in [1.82, 2.24) is 20.1 Å². The van der Waals surface area contributed by atoms with Gasteiger partial charge in [0.15, 0.2) is 0 Å². The van der Waals surface area contributed by atoms with Gasteiger partial charge < -0.3 is 10.4 Å². The van der Waals surface area contributed by atoms with E-state index in [0.29, 0.717) is 5.92 Å². The molecule has 0 spiro atoms. The van der Waals surface area contributed by atoms with Gasteiger partial charge in [0, 0.05) is 0 Å². The zero-order valence-corrected chi connectivity index (χ0v) is 10.7. The molecule has 1 aromatic rings. The molecule has 2 N–H and O–H groups in total. The molecule has 2 atom stereocenters. The molecule has 18 heavy (non-hydrogen) atoms. The largest absolute Gasteiger partial charge is 0.394 e. The van der Waals surface area contributed by atoms with Crippen LogP contribution in [-0.2, 0) is 11.3 Å². The van der Waals surface area contributed by atoms with Gasteiger partial charge in [0.1, 0.15) is 19.2 Å². The van der Waals surface area contributed by atoms with Gasteiger partial charge in [-0.15, -0.1) is 0 Å². The van der Waals surface area contributed by atoms with Crippen molar-refractivity contribution in [3.8, 4) is 0 Å². The smallest absolute Gasteiger partial charge is 0.242 e. The first-order valence-electron chi connectivity index (χ1n) is 6.38. The second kappa shape index (κ2) is 5.48. The lowest BCUT2D eigenvalue weighted by molar-refractivity contribution is -0.125. The Morgan fingerprint density at radius 3 is 3.11 bits per heavy atom. The number of rotatable bonds is 4. The summed E-state index contributed by atoms with van der Waals surface area (Å²) in [6, 6.07) is 0. The maximum absolute atomic E-state index is 11.9. The molecule has 0 saturated heterocycles. The van der Waals surface area contributed by atoms with Crippen LogP contribution in [0.4, 0.5) is 0 Å². The highest BCUT2D eigenvalue weighted by molar-refractivity contribution is 5.76. The van der Waals surface area contributed by atoms with Crippen molar-refractivity contribution in [2.75, 3.05) is 6.61 Å². The van der Waals surface area contributed by atoms with E-state index in [1.807, 2.05) is 0 Å². The highest BCUT2D eigenvalue weighted by Crippen LogP contribution is 2.31. The SMILES string of the molecule is CC1CCCC(CO)(NC(=O)Cn2cncn2)C1. The summed E-state index contributed by atoms with van der Waals surface area (Å²) in [6.45, 7) is 2.31. The molecule has 0 bridgehead atoms. The number of nitrogens with one attached hydrogen (secondary N) is 1. The van der Waals surface area contributed by atoms with Gasteiger partial charge in [0.25, 0.3) is 0 Å². The van der Waals surface area contributed by atoms with Crippen molar-refractivity contribution >= 4 is 5.91 Å². The van der Waals surface area contributed by atoms with E-state index >= 15 is 0 Å². The molecule has 6 nitrogen and oxygen atoms in total. The number of hydrogen-bond donors (Lipinski definition) is 2. The fourth-order valence-electron chi connectivity index (χ4n) is 2.75. The summed E-state index contributed by atoms with van der Waals surface area (Å²) < 4.78 is 1.48. The Morgan fingerprint density at radius 1 is 1.67 bits per heavy atom. The lowest BCUT2D eigenvalue weighted by atomic mass is 9.77. The van der Waals surface area contributed by atoms with Gasteiger partial charge >= 0.3 is 0 Å². The van der Waals surface area contributed by atoms with Gasteiger partial charge in [-0.1, -0.05) is 19.8 Å². The zero-order valence-electron chi connectivity index (χ0n) is 10.7. The second-order valence-electron chi connectivity index (χ2n) is 5.28. The van der Waals surface area contributed by atoms with E-state index in [4.69, 9.17) is 0 Å². The van der Waals surface area contributed by atoms with Gasteiger partial charge in [0.2, 0.25) is 5.91 Å². The predicted octanol–water partition coefficient (Wildman–Crippen LogP) is 0.335. The Morgan fingerprint density at radius 2 is 2.50 bits per heavy atom. The molecule has 1 aliphatic rings. The first-order chi connectivity index (χ1) is 8.63. The van der Waals surface area contributed by atoms with Gasteiger partial charge in [-0.05, 0) is 18.8 Å². The summed E-state index contributed by atoms with van der Waals surface area (Å²) in [5, 5.41) is 16.5. The van der Waals surface area contributed by atoms with Crippen LogP contribution in [0.5, 0.6) is 0 Å². The van der Waals surface area contributed by atoms with E-state index in [0.717, 1.165) is 19.3 Å². The summed E-state index contributed by atoms with van der Waals surface area (Å²) in [5.41, 5.74) is -0.449. The Labute approximate surface area is 106 Å². The van der Waals surface area contributed by atoms with Crippen LogP contribution in [0.25, 0.3) is 0 Å². The molecular weight excluding hydrogens is 232 g/mol. The molecule has 1 saturated carbocycles. The van der Waals surface area contributed by atoms with Crippen LogP contribution in [0.3, 0.4) is 0 Å². The summed E-state index contributed by atoms with van der Waals surface area (Å²) in [6.07, 6.45) is 6.81. The Hall–Kier alpha value is -1.43. The van der Waals surface area contributed by atoms with E-state index in [9.17, 15) is 9.90 Å². The molecule has 1 fully saturated rings. The van der Waals surface area contributed by atoms with Gasteiger partial charge in [-0.25, -0.2) is 9.67 Å². The van der Waals surface area contributed by atoms with E-state index in [1.165, 1.54) is 23.8 Å². The van der Waals surface area contributed by atoms with Crippen LogP contribution in [-0.4, -0.2) is 37.9 Å². The van der Waals surface area contributed by atoms with Crippen LogP contribution >= 0.6 is 0 Å². The Balaban J connectivity index is 1.95. The highest BCUT2D eigenvalue weighted by Gasteiger charge is 2.35. The summed E-state index contributed by atoms with van der Waals surface area (Å²) in [5.74, 6) is 0.418. The lowest BCUT2D eigenvalue weighted by Crippen LogP contribution is -2.54. The van der Waals surface area contributed by atoms with Crippen LogP contribution in [0.2, 0.25) is 0 Å². The minimum atomic E-state index is -0.449. The van der Waals surface area contributed by atoms with E-state index in [1.54, 1.807) is 0 Å². The fourth-order valence-corrected chi connectivity index (χ4v) is 2.75. The van der Waals surface area contributed by atoms with Crippen LogP contribution in [0.1, 0.15) is 32.6 Å². The number of carbonyl (C=O) groups excluding carboxylic acids is 1. The van der Waals surface area contributed by atoms with Crippen molar-refractivity contribution in [2.45, 2.75) is 44.7 Å². The monoisotopic (exact) mass is 252 g/mol. The van der Waals surface area contributed by atoms with Crippen molar-refractivity contribution in [3.05, 3.63) is 12.7 Å². The number of amides is 1. The van der Waals surface area contributed by atoms with Crippen LogP contribution in [0, 0.1) is 5.92 Å². The van der Waals surface area contributed by atoms with Gasteiger partial charge in [-0.3, -0.25) is 4.79 Å². The average molecular weight is 252 g/mol. The summed E-state index contributed by atoms with van der Waals surface area (Å²) in [4.78, 5) is 15.7. The maximum atomic E-state index is 11.9. The van der Waals surface area contributed by atoms with Crippen molar-refractivity contribution in [3.63, 3.8) is 0 Å². The van der Waals surface area contributed by atoms with Crippen molar-refractivity contribution in [1.29, 1.82) is 0 Å². The molecule has 1 aliphatic carbocycles. The van der Waals surface area contributed by atoms with Crippen LogP contribution < -0.4 is 5.32 Å². The number of aliphatic hydroxyl groups is 1. The lowest BCUT2D eigenvalue weighted by Gasteiger charge is -2.39. The zero-order chi connectivity index (χ0) is 13.0. The van der Waals surface area contributed by atoms with Crippen molar-refractivity contribution in [2.24, 2.45) is 5.92 Å². The summed E-state index contributed by atoms with van der Waals surface area (Å²) >= 11 is 0. The van der Waals surface area contributed by atoms with Crippen molar-refractivity contribution < 1.29 is 9.90 Å². The molecule has 6 heteroatoms. The highest BCUT2D eigenvalue weighted by atomic mass is 16.3. The van der Waals surface area contributed by atoms with E-state index in [-0.39, 0.29) is 19.1 Å². The molecule has 1 heterocycles. The third-order valence-electron chi connectivity index (χ3n) is 3.57. The first-order valence-corrected chi connectivity index (χ1v) is 6.38. The summed E-state index contributed by atoms with van der Waals surface area (Å²) in [7, 11) is 0. The maximum Gasteiger partial charge on any atom is 0.242 e. The molecule has 1 amide bonds. The van der Waals surface area contributed by atoms with Gasteiger partial charge in [0.05, 0.1) is 12.1 Å². The number of nitrogens with zero attached hydrogens (tertiary/aromatic N) is 3. The molecule has 1 aromatic heterocycles. The quantitative estimate of drug-likeness (QED) is 0.809. The number of aromatic nitrogens is 3. The van der Waals surface area contributed by atoms with Gasteiger partial charge in [-0.2, -0.15) is 5.10 Å². The normalized spacial score (nSPS) is 28.0. The molecule has 2 unspecified atom stereocenters.